The van der Waals surface area contributed by atoms with E-state index in [-0.39, 0.29) is 0 Å². The van der Waals surface area contributed by atoms with Crippen molar-refractivity contribution in [1.29, 1.82) is 0 Å². The maximum Gasteiger partial charge on any atom is 0.419 e. The van der Waals surface area contributed by atoms with Gasteiger partial charge in [-0.05, 0) is 31.0 Å². The van der Waals surface area contributed by atoms with Crippen molar-refractivity contribution in [3.05, 3.63) is 44.2 Å². The lowest BCUT2D eigenvalue weighted by Crippen LogP contribution is -2.15. The fourth-order valence-electron chi connectivity index (χ4n) is 1.61. The molecule has 1 aromatic heterocycles. The van der Waals surface area contributed by atoms with Gasteiger partial charge >= 0.3 is 11.4 Å². The zero-order valence-corrected chi connectivity index (χ0v) is 7.88. The van der Waals surface area contributed by atoms with Crippen molar-refractivity contribution < 1.29 is 4.42 Å². The molecule has 72 valence electrons. The monoisotopic (exact) mass is 191 g/mol. The predicted molar refractivity (Wildman–Crippen MR) is 52.6 cm³/mol. The van der Waals surface area contributed by atoms with Gasteiger partial charge in [-0.2, -0.15) is 0 Å². The van der Waals surface area contributed by atoms with E-state index in [4.69, 9.17) is 0 Å². The second-order valence-electron chi connectivity index (χ2n) is 3.31. The summed E-state index contributed by atoms with van der Waals surface area (Å²) < 4.78 is 4.44. The smallest absolute Gasteiger partial charge is 0.372 e. The van der Waals surface area contributed by atoms with E-state index in [1.54, 1.807) is 6.07 Å². The number of hydrogen-bond acceptors (Lipinski definition) is 3. The normalized spacial score (nSPS) is 10.7. The fourth-order valence-corrected chi connectivity index (χ4v) is 1.61. The third-order valence-corrected chi connectivity index (χ3v) is 2.11. The minimum Gasteiger partial charge on any atom is -0.372 e. The minimum absolute atomic E-state index is 0.440. The second kappa shape index (κ2) is 2.83. The summed E-state index contributed by atoms with van der Waals surface area (Å²) in [5, 5.41) is 0.440. The third kappa shape index (κ3) is 1.25. The van der Waals surface area contributed by atoms with Gasteiger partial charge in [0.15, 0.2) is 0 Å². The van der Waals surface area contributed by atoms with E-state index in [2.05, 4.69) is 9.40 Å². The zero-order chi connectivity index (χ0) is 10.3. The Kier molecular flexibility index (Phi) is 1.77. The molecule has 0 unspecified atom stereocenters. The van der Waals surface area contributed by atoms with Crippen LogP contribution in [0, 0.1) is 13.8 Å². The number of fused-ring (bicyclic) bond motifs is 1. The van der Waals surface area contributed by atoms with Crippen LogP contribution >= 0.6 is 0 Å². The summed E-state index contributed by atoms with van der Waals surface area (Å²) in [4.78, 5) is 24.7. The topological polar surface area (TPSA) is 63.1 Å². The molecule has 0 aliphatic heterocycles. The first kappa shape index (κ1) is 8.74. The SMILES string of the molecule is Cc1cc(C)c2c(=O)oc(=O)[nH]c2c1. The third-order valence-electron chi connectivity index (χ3n) is 2.11. The first-order valence-electron chi connectivity index (χ1n) is 4.22. The molecule has 0 amide bonds. The molecular formula is C10H9NO3. The maximum atomic E-state index is 11.3. The molecule has 2 aromatic rings. The number of aromatic amines is 1. The molecule has 1 aromatic carbocycles. The number of H-pyrrole nitrogens is 1. The molecule has 0 aliphatic rings. The summed E-state index contributed by atoms with van der Waals surface area (Å²) in [6, 6.07) is 3.62. The molecule has 14 heavy (non-hydrogen) atoms. The Labute approximate surface area is 79.2 Å². The average Bonchev–Trinajstić information content (AvgIpc) is 1.99. The zero-order valence-electron chi connectivity index (χ0n) is 7.88. The van der Waals surface area contributed by atoms with Crippen molar-refractivity contribution in [1.82, 2.24) is 4.98 Å². The Morgan fingerprint density at radius 3 is 2.64 bits per heavy atom. The van der Waals surface area contributed by atoms with E-state index in [0.29, 0.717) is 10.9 Å². The minimum atomic E-state index is -0.715. The van der Waals surface area contributed by atoms with E-state index >= 15 is 0 Å². The number of nitrogens with one attached hydrogen (secondary N) is 1. The molecule has 1 N–H and O–H groups in total. The molecule has 2 rings (SSSR count). The van der Waals surface area contributed by atoms with E-state index in [0.717, 1.165) is 11.1 Å². The number of benzene rings is 1. The predicted octanol–water partition coefficient (Wildman–Crippen LogP) is 1.10. The van der Waals surface area contributed by atoms with Crippen LogP contribution in [0.2, 0.25) is 0 Å². The van der Waals surface area contributed by atoms with Crippen LogP contribution in [-0.2, 0) is 0 Å². The molecule has 0 saturated heterocycles. The highest BCUT2D eigenvalue weighted by molar-refractivity contribution is 5.81. The standard InChI is InChI=1S/C10H9NO3/c1-5-3-6(2)8-7(4-5)11-10(13)14-9(8)12/h3-4H,1-2H3,(H,11,13). The van der Waals surface area contributed by atoms with Crippen molar-refractivity contribution in [2.24, 2.45) is 0 Å². The van der Waals surface area contributed by atoms with E-state index in [1.165, 1.54) is 0 Å². The van der Waals surface area contributed by atoms with E-state index in [1.807, 2.05) is 19.9 Å². The van der Waals surface area contributed by atoms with Gasteiger partial charge in [-0.25, -0.2) is 9.59 Å². The lowest BCUT2D eigenvalue weighted by Gasteiger charge is -2.00. The van der Waals surface area contributed by atoms with Gasteiger partial charge in [0.1, 0.15) is 0 Å². The van der Waals surface area contributed by atoms with Crippen LogP contribution < -0.4 is 11.4 Å². The summed E-state index contributed by atoms with van der Waals surface area (Å²) in [6.07, 6.45) is 0. The average molecular weight is 191 g/mol. The van der Waals surface area contributed by atoms with Crippen molar-refractivity contribution in [2.45, 2.75) is 13.8 Å². The lowest BCUT2D eigenvalue weighted by atomic mass is 10.1. The van der Waals surface area contributed by atoms with E-state index in [9.17, 15) is 9.59 Å². The highest BCUT2D eigenvalue weighted by atomic mass is 16.4. The van der Waals surface area contributed by atoms with Crippen LogP contribution in [0.4, 0.5) is 0 Å². The highest BCUT2D eigenvalue weighted by Gasteiger charge is 2.05. The van der Waals surface area contributed by atoms with Gasteiger partial charge in [-0.1, -0.05) is 6.07 Å². The largest absolute Gasteiger partial charge is 0.419 e. The maximum absolute atomic E-state index is 11.3. The number of hydrogen-bond donors (Lipinski definition) is 1. The fraction of sp³-hybridized carbons (Fsp3) is 0.200. The quantitative estimate of drug-likeness (QED) is 0.678. The Bertz CT molecular complexity index is 607. The summed E-state index contributed by atoms with van der Waals surface area (Å²) in [6.45, 7) is 3.71. The summed E-state index contributed by atoms with van der Waals surface area (Å²) >= 11 is 0. The molecule has 0 radical (unpaired) electrons. The molecule has 0 aliphatic carbocycles. The van der Waals surface area contributed by atoms with E-state index < -0.39 is 11.4 Å². The summed E-state index contributed by atoms with van der Waals surface area (Å²) in [5.74, 6) is -0.715. The Balaban J connectivity index is 3.10. The van der Waals surface area contributed by atoms with Crippen LogP contribution in [0.3, 0.4) is 0 Å². The molecule has 0 spiro atoms. The van der Waals surface area contributed by atoms with Gasteiger partial charge in [0.05, 0.1) is 10.9 Å². The molecule has 0 fully saturated rings. The van der Waals surface area contributed by atoms with Crippen LogP contribution in [0.25, 0.3) is 10.9 Å². The molecule has 4 nitrogen and oxygen atoms in total. The first-order chi connectivity index (χ1) is 6.58. The van der Waals surface area contributed by atoms with Crippen LogP contribution in [0.1, 0.15) is 11.1 Å². The molecule has 0 saturated carbocycles. The van der Waals surface area contributed by atoms with Crippen LogP contribution in [-0.4, -0.2) is 4.98 Å². The second-order valence-corrected chi connectivity index (χ2v) is 3.31. The highest BCUT2D eigenvalue weighted by Crippen LogP contribution is 2.13. The Morgan fingerprint density at radius 1 is 1.21 bits per heavy atom. The number of rotatable bonds is 0. The molecule has 0 atom stereocenters. The van der Waals surface area contributed by atoms with Gasteiger partial charge < -0.3 is 4.42 Å². The van der Waals surface area contributed by atoms with Crippen LogP contribution in [0.5, 0.6) is 0 Å². The van der Waals surface area contributed by atoms with Gasteiger partial charge in [0.2, 0.25) is 0 Å². The summed E-state index contributed by atoms with van der Waals surface area (Å²) in [7, 11) is 0. The van der Waals surface area contributed by atoms with Gasteiger partial charge in [-0.15, -0.1) is 0 Å². The Hall–Kier alpha value is -1.84. The Morgan fingerprint density at radius 2 is 1.93 bits per heavy atom. The van der Waals surface area contributed by atoms with Gasteiger partial charge in [-0.3, -0.25) is 4.98 Å². The molecule has 0 bridgehead atoms. The van der Waals surface area contributed by atoms with Gasteiger partial charge in [0, 0.05) is 0 Å². The summed E-state index contributed by atoms with van der Waals surface area (Å²) in [5.41, 5.74) is 1.76. The molecular weight excluding hydrogens is 182 g/mol. The van der Waals surface area contributed by atoms with Crippen molar-refractivity contribution in [3.8, 4) is 0 Å². The van der Waals surface area contributed by atoms with Crippen LogP contribution in [0.15, 0.2) is 26.1 Å². The number of aromatic nitrogens is 1. The lowest BCUT2D eigenvalue weighted by molar-refractivity contribution is 0.460. The molecule has 4 heteroatoms. The van der Waals surface area contributed by atoms with Crippen molar-refractivity contribution >= 4 is 10.9 Å². The van der Waals surface area contributed by atoms with Gasteiger partial charge in [0.25, 0.3) is 0 Å². The first-order valence-corrected chi connectivity index (χ1v) is 4.22. The van der Waals surface area contributed by atoms with Crippen molar-refractivity contribution in [2.75, 3.05) is 0 Å². The molecule has 1 heterocycles. The van der Waals surface area contributed by atoms with Crippen molar-refractivity contribution in [3.63, 3.8) is 0 Å². The number of aryl methyl sites for hydroxylation is 2.